The fraction of sp³-hybridized carbons (Fsp3) is 0.840. The number of hydrogen-bond acceptors (Lipinski definition) is 4. The lowest BCUT2D eigenvalue weighted by atomic mass is 9.40. The van der Waals surface area contributed by atoms with Gasteiger partial charge in [0.25, 0.3) is 0 Å². The van der Waals surface area contributed by atoms with Crippen LogP contribution in [0.5, 0.6) is 0 Å². The third-order valence-electron chi connectivity index (χ3n) is 9.33. The molecule has 0 N–H and O–H groups in total. The summed E-state index contributed by atoms with van der Waals surface area (Å²) in [4.78, 5) is 23.4. The Bertz CT molecular complexity index is 710. The molecule has 4 aliphatic carbocycles. The molecule has 0 heterocycles. The van der Waals surface area contributed by atoms with E-state index in [2.05, 4.69) is 37.7 Å². The van der Waals surface area contributed by atoms with Gasteiger partial charge in [0.15, 0.2) is 0 Å². The van der Waals surface area contributed by atoms with Crippen molar-refractivity contribution in [2.45, 2.75) is 85.0 Å². The average molecular weight is 403 g/mol. The predicted molar refractivity (Wildman–Crippen MR) is 112 cm³/mol. The highest BCUT2D eigenvalue weighted by Gasteiger charge is 2.63. The standard InChI is InChI=1S/C25H38O4/c1-22(2)10-5-11-23(3)18(22)9-13-25-15-14-24(16-25,12-8-19(23)25)17-29-21(27)7-6-20(26)28-4/h14-15,18-19H,5-13,16-17H2,1-4H3/t18-,19+,23-,24+,25+/m1/s1. The summed E-state index contributed by atoms with van der Waals surface area (Å²) in [6.45, 7) is 8.05. The first-order chi connectivity index (χ1) is 13.6. The number of methoxy groups -OCH3 is 1. The summed E-state index contributed by atoms with van der Waals surface area (Å²) < 4.78 is 10.3. The van der Waals surface area contributed by atoms with Crippen molar-refractivity contribution in [1.29, 1.82) is 0 Å². The zero-order chi connectivity index (χ0) is 20.9. The molecular formula is C25H38O4. The Morgan fingerprint density at radius 3 is 2.41 bits per heavy atom. The molecular weight excluding hydrogens is 364 g/mol. The van der Waals surface area contributed by atoms with Crippen LogP contribution in [0.2, 0.25) is 0 Å². The van der Waals surface area contributed by atoms with Gasteiger partial charge < -0.3 is 9.47 Å². The summed E-state index contributed by atoms with van der Waals surface area (Å²) in [6, 6.07) is 0. The van der Waals surface area contributed by atoms with E-state index in [0.717, 1.165) is 24.7 Å². The van der Waals surface area contributed by atoms with Crippen LogP contribution in [0.15, 0.2) is 12.2 Å². The molecule has 0 saturated heterocycles. The van der Waals surface area contributed by atoms with Crippen molar-refractivity contribution in [3.8, 4) is 0 Å². The van der Waals surface area contributed by atoms with Crippen LogP contribution in [0.3, 0.4) is 0 Å². The average Bonchev–Trinajstić information content (AvgIpc) is 2.94. The van der Waals surface area contributed by atoms with E-state index in [4.69, 9.17) is 4.74 Å². The van der Waals surface area contributed by atoms with E-state index in [-0.39, 0.29) is 30.2 Å². The summed E-state index contributed by atoms with van der Waals surface area (Å²) in [5.41, 5.74) is 1.21. The largest absolute Gasteiger partial charge is 0.469 e. The quantitative estimate of drug-likeness (QED) is 0.453. The third-order valence-corrected chi connectivity index (χ3v) is 9.33. The third kappa shape index (κ3) is 3.45. The molecule has 4 aliphatic rings. The molecule has 0 aliphatic heterocycles. The van der Waals surface area contributed by atoms with E-state index in [1.807, 2.05) is 0 Å². The smallest absolute Gasteiger partial charge is 0.306 e. The van der Waals surface area contributed by atoms with E-state index >= 15 is 0 Å². The van der Waals surface area contributed by atoms with Crippen LogP contribution in [0.25, 0.3) is 0 Å². The Labute approximate surface area is 175 Å². The Morgan fingerprint density at radius 1 is 0.931 bits per heavy atom. The fourth-order valence-corrected chi connectivity index (χ4v) is 8.07. The Hall–Kier alpha value is -1.32. The van der Waals surface area contributed by atoms with E-state index < -0.39 is 0 Å². The van der Waals surface area contributed by atoms with E-state index in [1.165, 1.54) is 45.6 Å². The number of allylic oxidation sites excluding steroid dienone is 1. The number of hydrogen-bond donors (Lipinski definition) is 0. The molecule has 0 unspecified atom stereocenters. The van der Waals surface area contributed by atoms with Gasteiger partial charge in [0.2, 0.25) is 0 Å². The van der Waals surface area contributed by atoms with Gasteiger partial charge in [-0.15, -0.1) is 0 Å². The molecule has 5 atom stereocenters. The highest BCUT2D eigenvalue weighted by Crippen LogP contribution is 2.71. The van der Waals surface area contributed by atoms with Gasteiger partial charge in [0.1, 0.15) is 6.61 Å². The second kappa shape index (κ2) is 7.13. The van der Waals surface area contributed by atoms with Gasteiger partial charge in [0, 0.05) is 5.41 Å². The molecule has 4 rings (SSSR count). The number of rotatable bonds is 5. The van der Waals surface area contributed by atoms with Crippen molar-refractivity contribution in [3.05, 3.63) is 12.2 Å². The maximum absolute atomic E-state index is 12.1. The van der Waals surface area contributed by atoms with Crippen molar-refractivity contribution in [2.75, 3.05) is 13.7 Å². The number of carbonyl (C=O) groups excluding carboxylic acids is 2. The van der Waals surface area contributed by atoms with Crippen molar-refractivity contribution in [3.63, 3.8) is 0 Å². The number of ether oxygens (including phenoxy) is 2. The molecule has 4 heteroatoms. The second-order valence-corrected chi connectivity index (χ2v) is 11.4. The minimum Gasteiger partial charge on any atom is -0.469 e. The van der Waals surface area contributed by atoms with Gasteiger partial charge in [-0.25, -0.2) is 0 Å². The monoisotopic (exact) mass is 402 g/mol. The van der Waals surface area contributed by atoms with Crippen LogP contribution in [0.1, 0.15) is 85.0 Å². The summed E-state index contributed by atoms with van der Waals surface area (Å²) in [5.74, 6) is 0.943. The molecule has 0 amide bonds. The Morgan fingerprint density at radius 2 is 1.66 bits per heavy atom. The van der Waals surface area contributed by atoms with Crippen LogP contribution < -0.4 is 0 Å². The topological polar surface area (TPSA) is 52.6 Å². The molecule has 3 fully saturated rings. The van der Waals surface area contributed by atoms with Gasteiger partial charge in [-0.2, -0.15) is 0 Å². The summed E-state index contributed by atoms with van der Waals surface area (Å²) in [6.07, 6.45) is 15.3. The van der Waals surface area contributed by atoms with Gasteiger partial charge in [0.05, 0.1) is 20.0 Å². The van der Waals surface area contributed by atoms with E-state index in [9.17, 15) is 9.59 Å². The molecule has 0 radical (unpaired) electrons. The van der Waals surface area contributed by atoms with Crippen LogP contribution in [0.4, 0.5) is 0 Å². The highest BCUT2D eigenvalue weighted by molar-refractivity contribution is 5.77. The van der Waals surface area contributed by atoms with Crippen molar-refractivity contribution >= 4 is 11.9 Å². The zero-order valence-electron chi connectivity index (χ0n) is 18.7. The van der Waals surface area contributed by atoms with E-state index in [1.54, 1.807) is 0 Å². The molecule has 1 spiro atoms. The van der Waals surface area contributed by atoms with Crippen LogP contribution >= 0.6 is 0 Å². The molecule has 0 aromatic heterocycles. The first-order valence-corrected chi connectivity index (χ1v) is 11.6. The normalized spacial score (nSPS) is 41.9. The highest BCUT2D eigenvalue weighted by atomic mass is 16.5. The lowest BCUT2D eigenvalue weighted by Gasteiger charge is -2.64. The summed E-state index contributed by atoms with van der Waals surface area (Å²) >= 11 is 0. The fourth-order valence-electron chi connectivity index (χ4n) is 8.07. The van der Waals surface area contributed by atoms with Crippen molar-refractivity contribution in [1.82, 2.24) is 0 Å². The van der Waals surface area contributed by atoms with Crippen molar-refractivity contribution in [2.24, 2.45) is 33.5 Å². The summed E-state index contributed by atoms with van der Waals surface area (Å²) in [7, 11) is 1.34. The predicted octanol–water partition coefficient (Wildman–Crippen LogP) is 5.45. The lowest BCUT2D eigenvalue weighted by Crippen LogP contribution is -2.56. The number of esters is 2. The Balaban J connectivity index is 1.43. The zero-order valence-corrected chi connectivity index (χ0v) is 18.7. The minimum atomic E-state index is -0.360. The molecule has 4 nitrogen and oxygen atoms in total. The van der Waals surface area contributed by atoms with Crippen LogP contribution in [-0.2, 0) is 19.1 Å². The number of fused-ring (bicyclic) bond motifs is 3. The van der Waals surface area contributed by atoms with Crippen molar-refractivity contribution < 1.29 is 19.1 Å². The maximum Gasteiger partial charge on any atom is 0.306 e. The minimum absolute atomic E-state index is 0.00477. The summed E-state index contributed by atoms with van der Waals surface area (Å²) in [5, 5.41) is 0. The molecule has 29 heavy (non-hydrogen) atoms. The van der Waals surface area contributed by atoms with Gasteiger partial charge >= 0.3 is 11.9 Å². The number of carbonyl (C=O) groups is 2. The maximum atomic E-state index is 12.1. The molecule has 162 valence electrons. The van der Waals surface area contributed by atoms with E-state index in [0.29, 0.717) is 22.9 Å². The van der Waals surface area contributed by atoms with Crippen LogP contribution in [0, 0.1) is 33.5 Å². The first-order valence-electron chi connectivity index (χ1n) is 11.6. The first kappa shape index (κ1) is 20.9. The van der Waals surface area contributed by atoms with Crippen LogP contribution in [-0.4, -0.2) is 25.7 Å². The van der Waals surface area contributed by atoms with Gasteiger partial charge in [-0.3, -0.25) is 9.59 Å². The molecule has 2 bridgehead atoms. The second-order valence-electron chi connectivity index (χ2n) is 11.4. The SMILES string of the molecule is COC(=O)CCC(=O)OC[C@]12C=C[C@@]3(CC[C@@H]4C(C)(C)CCC[C@@]4(C)[C@@H]3CC1)C2. The lowest BCUT2D eigenvalue weighted by molar-refractivity contribution is -0.158. The molecule has 3 saturated carbocycles. The van der Waals surface area contributed by atoms with Gasteiger partial charge in [-0.05, 0) is 73.0 Å². The molecule has 0 aromatic rings. The Kier molecular flexibility index (Phi) is 5.15. The molecule has 0 aromatic carbocycles. The van der Waals surface area contributed by atoms with Gasteiger partial charge in [-0.1, -0.05) is 39.3 Å².